The van der Waals surface area contributed by atoms with Crippen molar-refractivity contribution >= 4 is 38.9 Å². The summed E-state index contributed by atoms with van der Waals surface area (Å²) in [5, 5.41) is 0. The summed E-state index contributed by atoms with van der Waals surface area (Å²) in [4.78, 5) is 15.0. The number of thiophene rings is 1. The molecule has 5 nitrogen and oxygen atoms in total. The largest absolute Gasteiger partial charge is 0.339 e. The van der Waals surface area contributed by atoms with Gasteiger partial charge in [-0.3, -0.25) is 4.79 Å². The van der Waals surface area contributed by atoms with Gasteiger partial charge in [0.25, 0.3) is 0 Å². The van der Waals surface area contributed by atoms with Crippen LogP contribution in [0.4, 0.5) is 0 Å². The number of carbonyl (C=O) groups excluding carboxylic acids is 1. The van der Waals surface area contributed by atoms with Crippen LogP contribution in [0, 0.1) is 0 Å². The predicted molar refractivity (Wildman–Crippen MR) is 80.4 cm³/mol. The molecule has 8 heteroatoms. The van der Waals surface area contributed by atoms with Crippen molar-refractivity contribution in [1.82, 2.24) is 9.21 Å². The van der Waals surface area contributed by atoms with E-state index in [1.165, 1.54) is 15.6 Å². The third kappa shape index (κ3) is 3.52. The summed E-state index contributed by atoms with van der Waals surface area (Å²) < 4.78 is 25.3. The number of nitrogens with zero attached hydrogens (tertiary/aromatic N) is 2. The molecular weight excluding hydrogens is 320 g/mol. The number of carbonyl (C=O) groups is 1. The molecule has 0 bridgehead atoms. The first kappa shape index (κ1) is 15.8. The Balaban J connectivity index is 2.06. The number of likely N-dealkylation sites (N-methyl/N-ethyl adjacent to an activating group) is 1. The topological polar surface area (TPSA) is 57.7 Å². The van der Waals surface area contributed by atoms with Crippen molar-refractivity contribution in [1.29, 1.82) is 0 Å². The summed E-state index contributed by atoms with van der Waals surface area (Å²) in [6, 6.07) is 3.10. The quantitative estimate of drug-likeness (QED) is 0.842. The second-order valence-corrected chi connectivity index (χ2v) is 8.67. The van der Waals surface area contributed by atoms with E-state index in [1.807, 2.05) is 6.07 Å². The fraction of sp³-hybridized carbons (Fsp3) is 0.583. The van der Waals surface area contributed by atoms with Crippen LogP contribution in [-0.4, -0.2) is 49.4 Å². The standard InChI is InChI=1S/C12H17ClN2O3S2/c1-14(8-9-5-6-11(13)19-9)12(16)10-4-3-7-15(10)20(2,17)18/h5-6,10H,3-4,7-8H2,1-2H3/t10-/m0/s1. The molecule has 0 unspecified atom stereocenters. The van der Waals surface area contributed by atoms with Crippen LogP contribution in [-0.2, 0) is 21.4 Å². The summed E-state index contributed by atoms with van der Waals surface area (Å²) in [5.74, 6) is -0.155. The van der Waals surface area contributed by atoms with Gasteiger partial charge in [-0.15, -0.1) is 11.3 Å². The molecule has 112 valence electrons. The van der Waals surface area contributed by atoms with Crippen molar-refractivity contribution in [3.05, 3.63) is 21.3 Å². The summed E-state index contributed by atoms with van der Waals surface area (Å²) in [6.45, 7) is 0.873. The zero-order valence-corrected chi connectivity index (χ0v) is 13.8. The minimum absolute atomic E-state index is 0.155. The van der Waals surface area contributed by atoms with Gasteiger partial charge in [0.05, 0.1) is 17.1 Å². The highest BCUT2D eigenvalue weighted by Crippen LogP contribution is 2.25. The lowest BCUT2D eigenvalue weighted by Crippen LogP contribution is -2.45. The zero-order valence-electron chi connectivity index (χ0n) is 11.4. The molecule has 0 spiro atoms. The number of hydrogen-bond donors (Lipinski definition) is 0. The highest BCUT2D eigenvalue weighted by Gasteiger charge is 2.37. The molecule has 0 radical (unpaired) electrons. The number of amides is 1. The van der Waals surface area contributed by atoms with Crippen LogP contribution in [0.1, 0.15) is 17.7 Å². The summed E-state index contributed by atoms with van der Waals surface area (Å²) in [7, 11) is -1.64. The predicted octanol–water partition coefficient (Wildman–Crippen LogP) is 1.78. The van der Waals surface area contributed by atoms with E-state index in [2.05, 4.69) is 0 Å². The Hall–Kier alpha value is -0.630. The van der Waals surface area contributed by atoms with E-state index in [9.17, 15) is 13.2 Å². The molecular formula is C12H17ClN2O3S2. The lowest BCUT2D eigenvalue weighted by molar-refractivity contribution is -0.133. The second-order valence-electron chi connectivity index (χ2n) is 4.93. The first-order valence-electron chi connectivity index (χ1n) is 6.25. The van der Waals surface area contributed by atoms with E-state index in [4.69, 9.17) is 11.6 Å². The maximum Gasteiger partial charge on any atom is 0.241 e. The van der Waals surface area contributed by atoms with Gasteiger partial charge in [0, 0.05) is 18.5 Å². The monoisotopic (exact) mass is 336 g/mol. The van der Waals surface area contributed by atoms with Gasteiger partial charge in [0.2, 0.25) is 15.9 Å². The van der Waals surface area contributed by atoms with Crippen molar-refractivity contribution in [2.24, 2.45) is 0 Å². The molecule has 1 amide bonds. The fourth-order valence-corrected chi connectivity index (χ4v) is 4.65. The summed E-state index contributed by atoms with van der Waals surface area (Å²) in [6.07, 6.45) is 2.46. The van der Waals surface area contributed by atoms with E-state index in [0.717, 1.165) is 17.6 Å². The maximum absolute atomic E-state index is 12.4. The van der Waals surface area contributed by atoms with E-state index in [1.54, 1.807) is 18.0 Å². The van der Waals surface area contributed by atoms with Gasteiger partial charge >= 0.3 is 0 Å². The molecule has 2 rings (SSSR count). The molecule has 0 aromatic carbocycles. The van der Waals surface area contributed by atoms with E-state index in [0.29, 0.717) is 23.8 Å². The van der Waals surface area contributed by atoms with Gasteiger partial charge in [-0.2, -0.15) is 4.31 Å². The van der Waals surface area contributed by atoms with Crippen LogP contribution in [0.3, 0.4) is 0 Å². The molecule has 1 aromatic rings. The Labute approximate surface area is 128 Å². The Morgan fingerprint density at radius 3 is 2.80 bits per heavy atom. The molecule has 1 aliphatic heterocycles. The number of rotatable bonds is 4. The molecule has 2 heterocycles. The van der Waals surface area contributed by atoms with Gasteiger partial charge in [-0.05, 0) is 25.0 Å². The van der Waals surface area contributed by atoms with Crippen LogP contribution in [0.25, 0.3) is 0 Å². The lowest BCUT2D eigenvalue weighted by atomic mass is 10.2. The lowest BCUT2D eigenvalue weighted by Gasteiger charge is -2.26. The number of sulfonamides is 1. The van der Waals surface area contributed by atoms with Gasteiger partial charge in [0.15, 0.2) is 0 Å². The Kier molecular flexibility index (Phi) is 4.73. The molecule has 1 aromatic heterocycles. The Bertz CT molecular complexity index is 600. The van der Waals surface area contributed by atoms with Crippen LogP contribution in [0.2, 0.25) is 4.34 Å². The zero-order chi connectivity index (χ0) is 14.9. The van der Waals surface area contributed by atoms with Gasteiger partial charge in [-0.25, -0.2) is 8.42 Å². The van der Waals surface area contributed by atoms with Crippen LogP contribution >= 0.6 is 22.9 Å². The van der Waals surface area contributed by atoms with Crippen LogP contribution < -0.4 is 0 Å². The first-order chi connectivity index (χ1) is 9.29. The molecule has 20 heavy (non-hydrogen) atoms. The van der Waals surface area contributed by atoms with Crippen molar-refractivity contribution in [2.75, 3.05) is 19.8 Å². The Morgan fingerprint density at radius 1 is 1.55 bits per heavy atom. The fourth-order valence-electron chi connectivity index (χ4n) is 2.39. The van der Waals surface area contributed by atoms with Crippen molar-refractivity contribution in [3.8, 4) is 0 Å². The maximum atomic E-state index is 12.4. The van der Waals surface area contributed by atoms with Gasteiger partial charge in [-0.1, -0.05) is 11.6 Å². The highest BCUT2D eigenvalue weighted by atomic mass is 35.5. The molecule has 1 fully saturated rings. The number of hydrogen-bond acceptors (Lipinski definition) is 4. The second kappa shape index (κ2) is 6.01. The average Bonchev–Trinajstić information content (AvgIpc) is 2.96. The van der Waals surface area contributed by atoms with Gasteiger partial charge in [0.1, 0.15) is 6.04 Å². The summed E-state index contributed by atoms with van der Waals surface area (Å²) >= 11 is 7.28. The first-order valence-corrected chi connectivity index (χ1v) is 9.29. The molecule has 1 aliphatic rings. The van der Waals surface area contributed by atoms with Crippen molar-refractivity contribution in [2.45, 2.75) is 25.4 Å². The molecule has 0 saturated carbocycles. The SMILES string of the molecule is CN(Cc1ccc(Cl)s1)C(=O)[C@@H]1CCCN1S(C)(=O)=O. The van der Waals surface area contributed by atoms with Crippen LogP contribution in [0.15, 0.2) is 12.1 Å². The van der Waals surface area contributed by atoms with Crippen molar-refractivity contribution < 1.29 is 13.2 Å². The summed E-state index contributed by atoms with van der Waals surface area (Å²) in [5.41, 5.74) is 0. The Morgan fingerprint density at radius 2 is 2.25 bits per heavy atom. The third-order valence-electron chi connectivity index (χ3n) is 3.31. The van der Waals surface area contributed by atoms with Gasteiger partial charge < -0.3 is 4.90 Å². The normalized spacial score (nSPS) is 20.2. The smallest absolute Gasteiger partial charge is 0.241 e. The van der Waals surface area contributed by atoms with Crippen molar-refractivity contribution in [3.63, 3.8) is 0 Å². The van der Waals surface area contributed by atoms with E-state index < -0.39 is 16.1 Å². The van der Waals surface area contributed by atoms with E-state index in [-0.39, 0.29) is 5.91 Å². The minimum atomic E-state index is -3.33. The molecule has 1 saturated heterocycles. The average molecular weight is 337 g/mol. The minimum Gasteiger partial charge on any atom is -0.339 e. The molecule has 0 aliphatic carbocycles. The van der Waals surface area contributed by atoms with E-state index >= 15 is 0 Å². The number of halogens is 1. The highest BCUT2D eigenvalue weighted by molar-refractivity contribution is 7.88. The third-order valence-corrected chi connectivity index (χ3v) is 5.82. The molecule has 0 N–H and O–H groups in total. The molecule has 1 atom stereocenters. The van der Waals surface area contributed by atoms with Crippen LogP contribution in [0.5, 0.6) is 0 Å².